The summed E-state index contributed by atoms with van der Waals surface area (Å²) in [5.74, 6) is 0.766. The van der Waals surface area contributed by atoms with Crippen LogP contribution in [-0.2, 0) is 16.4 Å². The Balaban J connectivity index is 1.50. The molecule has 31 heavy (non-hydrogen) atoms. The number of H-pyrrole nitrogens is 1. The van der Waals surface area contributed by atoms with Gasteiger partial charge < -0.3 is 9.55 Å². The molecule has 164 valence electrons. The third-order valence-corrected chi connectivity index (χ3v) is 7.60. The summed E-state index contributed by atoms with van der Waals surface area (Å²) in [6, 6.07) is 8.86. The number of aryl methyl sites for hydroxylation is 1. The molecular formula is C22H26N4O4S. The van der Waals surface area contributed by atoms with E-state index in [2.05, 4.69) is 9.97 Å². The Bertz CT molecular complexity index is 1320. The number of likely N-dealkylation sites (N-methyl/N-ethyl adjacent to an activating group) is 1. The number of hydrogen-bond donors (Lipinski definition) is 1. The van der Waals surface area contributed by atoms with Crippen LogP contribution in [0.15, 0.2) is 35.1 Å². The maximum Gasteiger partial charge on any atom is 0.258 e. The molecule has 0 spiro atoms. The molecule has 9 heteroatoms. The van der Waals surface area contributed by atoms with Gasteiger partial charge in [0.2, 0.25) is 0 Å². The number of para-hydroxylation sites is 1. The lowest BCUT2D eigenvalue weighted by molar-refractivity contribution is 0.0941. The van der Waals surface area contributed by atoms with E-state index in [1.807, 2.05) is 35.4 Å². The number of nitrogens with one attached hydrogen (secondary N) is 1. The summed E-state index contributed by atoms with van der Waals surface area (Å²) in [6.07, 6.45) is 0.577. The van der Waals surface area contributed by atoms with E-state index in [0.29, 0.717) is 35.3 Å². The maximum atomic E-state index is 13.0. The number of sulfone groups is 1. The molecule has 0 radical (unpaired) electrons. The van der Waals surface area contributed by atoms with Gasteiger partial charge >= 0.3 is 0 Å². The topological polar surface area (TPSA) is 105 Å². The first-order chi connectivity index (χ1) is 14.6. The molecule has 0 bridgehead atoms. The van der Waals surface area contributed by atoms with Gasteiger partial charge in [0.15, 0.2) is 15.6 Å². The van der Waals surface area contributed by atoms with Gasteiger partial charge in [0, 0.05) is 23.0 Å². The van der Waals surface area contributed by atoms with Crippen molar-refractivity contribution in [1.82, 2.24) is 19.4 Å². The van der Waals surface area contributed by atoms with Crippen LogP contribution in [0.1, 0.15) is 40.0 Å². The molecule has 1 aliphatic heterocycles. The van der Waals surface area contributed by atoms with Crippen LogP contribution in [0.2, 0.25) is 0 Å². The van der Waals surface area contributed by atoms with E-state index in [0.717, 1.165) is 11.4 Å². The Kier molecular flexibility index (Phi) is 5.57. The summed E-state index contributed by atoms with van der Waals surface area (Å²) in [4.78, 5) is 34.3. The molecule has 0 saturated carbocycles. The first-order valence-corrected chi connectivity index (χ1v) is 12.1. The molecule has 3 heterocycles. The van der Waals surface area contributed by atoms with Crippen molar-refractivity contribution in [3.05, 3.63) is 63.5 Å². The van der Waals surface area contributed by atoms with E-state index in [-0.39, 0.29) is 35.4 Å². The average molecular weight is 443 g/mol. The second-order valence-electron chi connectivity index (χ2n) is 8.34. The van der Waals surface area contributed by atoms with Crippen molar-refractivity contribution in [2.75, 3.05) is 25.1 Å². The molecule has 8 nitrogen and oxygen atoms in total. The van der Waals surface area contributed by atoms with Crippen LogP contribution in [-0.4, -0.2) is 58.7 Å². The number of hydrogen-bond acceptors (Lipinski definition) is 6. The predicted molar refractivity (Wildman–Crippen MR) is 119 cm³/mol. The minimum atomic E-state index is -3.01. The molecule has 3 aromatic rings. The van der Waals surface area contributed by atoms with Gasteiger partial charge in [0.1, 0.15) is 5.82 Å². The predicted octanol–water partition coefficient (Wildman–Crippen LogP) is 2.02. The summed E-state index contributed by atoms with van der Waals surface area (Å²) in [5, 5.41) is 0.534. The van der Waals surface area contributed by atoms with E-state index < -0.39 is 9.84 Å². The van der Waals surface area contributed by atoms with E-state index in [4.69, 9.17) is 0 Å². The van der Waals surface area contributed by atoms with Crippen LogP contribution in [0.25, 0.3) is 10.9 Å². The van der Waals surface area contributed by atoms with Crippen LogP contribution in [0.5, 0.6) is 0 Å². The Labute approximate surface area is 180 Å². The van der Waals surface area contributed by atoms with E-state index in [1.54, 1.807) is 25.2 Å². The Hall–Kier alpha value is -2.78. The Morgan fingerprint density at radius 2 is 2.03 bits per heavy atom. The average Bonchev–Trinajstić information content (AvgIpc) is 3.19. The van der Waals surface area contributed by atoms with Crippen molar-refractivity contribution in [1.29, 1.82) is 0 Å². The van der Waals surface area contributed by atoms with Crippen LogP contribution < -0.4 is 5.56 Å². The minimum Gasteiger partial charge on any atom is -0.344 e. The number of Topliss-reactive ketones (excluding diaryl/α,β-unsaturated/α-hetero) is 1. The van der Waals surface area contributed by atoms with Crippen molar-refractivity contribution in [2.24, 2.45) is 0 Å². The molecule has 1 aromatic carbocycles. The second kappa shape index (κ2) is 8.05. The quantitative estimate of drug-likeness (QED) is 0.586. The highest BCUT2D eigenvalue weighted by atomic mass is 32.2. The number of rotatable bonds is 6. The largest absolute Gasteiger partial charge is 0.344 e. The third-order valence-electron chi connectivity index (χ3n) is 5.85. The lowest BCUT2D eigenvalue weighted by Gasteiger charge is -2.17. The number of aromatic nitrogens is 3. The van der Waals surface area contributed by atoms with E-state index in [9.17, 15) is 18.0 Å². The van der Waals surface area contributed by atoms with Crippen molar-refractivity contribution >= 4 is 26.5 Å². The lowest BCUT2D eigenvalue weighted by Crippen LogP contribution is -2.28. The highest BCUT2D eigenvalue weighted by Gasteiger charge is 2.31. The van der Waals surface area contributed by atoms with Crippen molar-refractivity contribution < 1.29 is 13.2 Å². The number of aromatic amines is 1. The first-order valence-electron chi connectivity index (χ1n) is 10.2. The molecule has 2 aromatic heterocycles. The standard InChI is InChI=1S/C22H26N4O4S/c1-14-10-18(15(2)26(14)16-8-9-31(29,30)13-16)20(27)11-25(3)12-21-23-19-7-5-4-6-17(19)22(28)24-21/h4-7,10,16H,8-9,11-13H2,1-3H3,(H,23,24,28). The van der Waals surface area contributed by atoms with Gasteiger partial charge in [0.05, 0.1) is 35.5 Å². The molecule has 1 N–H and O–H groups in total. The highest BCUT2D eigenvalue weighted by Crippen LogP contribution is 2.29. The summed E-state index contributed by atoms with van der Waals surface area (Å²) in [5.41, 5.74) is 2.72. The minimum absolute atomic E-state index is 0.0501. The second-order valence-corrected chi connectivity index (χ2v) is 10.6. The monoisotopic (exact) mass is 442 g/mol. The first kappa shape index (κ1) is 21.5. The fourth-order valence-corrected chi connectivity index (χ4v) is 6.15. The molecule has 0 aliphatic carbocycles. The van der Waals surface area contributed by atoms with Crippen LogP contribution in [0, 0.1) is 13.8 Å². The zero-order chi connectivity index (χ0) is 22.3. The SMILES string of the molecule is Cc1cc(C(=O)CN(C)Cc2nc3ccccc3c(=O)[nH]2)c(C)n1C1CCS(=O)(=O)C1. The molecule has 1 atom stereocenters. The van der Waals surface area contributed by atoms with Gasteiger partial charge in [-0.3, -0.25) is 14.5 Å². The normalized spacial score (nSPS) is 18.1. The number of carbonyl (C=O) groups excluding carboxylic acids is 1. The zero-order valence-electron chi connectivity index (χ0n) is 17.9. The van der Waals surface area contributed by atoms with Crippen molar-refractivity contribution in [3.8, 4) is 0 Å². The number of carbonyl (C=O) groups is 1. The van der Waals surface area contributed by atoms with Gasteiger partial charge in [0.25, 0.3) is 5.56 Å². The molecule has 4 rings (SSSR count). The molecule has 1 aliphatic rings. The van der Waals surface area contributed by atoms with Gasteiger partial charge in [-0.2, -0.15) is 0 Å². The summed E-state index contributed by atoms with van der Waals surface area (Å²) in [6.45, 7) is 4.25. The summed E-state index contributed by atoms with van der Waals surface area (Å²) < 4.78 is 25.8. The van der Waals surface area contributed by atoms with Gasteiger partial charge in [-0.05, 0) is 45.5 Å². The fraction of sp³-hybridized carbons (Fsp3) is 0.409. The van der Waals surface area contributed by atoms with Gasteiger partial charge in [-0.15, -0.1) is 0 Å². The summed E-state index contributed by atoms with van der Waals surface area (Å²) in [7, 11) is -1.21. The molecule has 1 unspecified atom stereocenters. The smallest absolute Gasteiger partial charge is 0.258 e. The van der Waals surface area contributed by atoms with E-state index in [1.165, 1.54) is 0 Å². The molecular weight excluding hydrogens is 416 g/mol. The molecule has 1 saturated heterocycles. The lowest BCUT2D eigenvalue weighted by atomic mass is 10.1. The highest BCUT2D eigenvalue weighted by molar-refractivity contribution is 7.91. The van der Waals surface area contributed by atoms with Crippen molar-refractivity contribution in [2.45, 2.75) is 32.9 Å². The van der Waals surface area contributed by atoms with Crippen LogP contribution in [0.4, 0.5) is 0 Å². The van der Waals surface area contributed by atoms with Crippen molar-refractivity contribution in [3.63, 3.8) is 0 Å². The zero-order valence-corrected chi connectivity index (χ0v) is 18.7. The fourth-order valence-electron chi connectivity index (χ4n) is 4.45. The Morgan fingerprint density at radius 3 is 2.74 bits per heavy atom. The van der Waals surface area contributed by atoms with Gasteiger partial charge in [-0.25, -0.2) is 13.4 Å². The maximum absolute atomic E-state index is 13.0. The number of nitrogens with zero attached hydrogens (tertiary/aromatic N) is 3. The third kappa shape index (κ3) is 4.33. The molecule has 1 fully saturated rings. The Morgan fingerprint density at radius 1 is 1.29 bits per heavy atom. The van der Waals surface area contributed by atoms with Gasteiger partial charge in [-0.1, -0.05) is 12.1 Å². The number of benzene rings is 1. The van der Waals surface area contributed by atoms with E-state index >= 15 is 0 Å². The summed E-state index contributed by atoms with van der Waals surface area (Å²) >= 11 is 0. The number of fused-ring (bicyclic) bond motifs is 1. The molecule has 0 amide bonds. The van der Waals surface area contributed by atoms with Crippen LogP contribution in [0.3, 0.4) is 0 Å². The van der Waals surface area contributed by atoms with Crippen LogP contribution >= 0.6 is 0 Å². The number of ketones is 1.